The molecule has 22 heavy (non-hydrogen) atoms. The Balaban J connectivity index is 1.69. The van der Waals surface area contributed by atoms with Crippen molar-refractivity contribution in [1.29, 1.82) is 0 Å². The molecule has 1 saturated heterocycles. The molecule has 0 radical (unpaired) electrons. The molecule has 0 bridgehead atoms. The maximum Gasteiger partial charge on any atom is 0.231 e. The standard InChI is InChI=1S/C15H21N5O2/c1-22-10-7-16-14(21)12-5-4-8-19(11-12)15-18-17-13-6-2-3-9-20(13)15/h2-3,6,9,12H,4-5,7-8,10-11H2,1H3,(H,16,21). The summed E-state index contributed by atoms with van der Waals surface area (Å²) in [4.78, 5) is 14.4. The fourth-order valence-electron chi connectivity index (χ4n) is 2.84. The molecule has 2 aromatic rings. The van der Waals surface area contributed by atoms with E-state index < -0.39 is 0 Å². The van der Waals surface area contributed by atoms with E-state index in [2.05, 4.69) is 20.4 Å². The third-order valence-electron chi connectivity index (χ3n) is 3.98. The van der Waals surface area contributed by atoms with Gasteiger partial charge in [0.2, 0.25) is 11.9 Å². The van der Waals surface area contributed by atoms with E-state index in [9.17, 15) is 4.79 Å². The summed E-state index contributed by atoms with van der Waals surface area (Å²) < 4.78 is 6.92. The first-order valence-electron chi connectivity index (χ1n) is 7.61. The largest absolute Gasteiger partial charge is 0.383 e. The van der Waals surface area contributed by atoms with Crippen LogP contribution in [0.15, 0.2) is 24.4 Å². The molecule has 3 rings (SSSR count). The molecule has 7 heteroatoms. The molecular formula is C15H21N5O2. The van der Waals surface area contributed by atoms with Gasteiger partial charge in [-0.25, -0.2) is 0 Å². The number of aromatic nitrogens is 3. The quantitative estimate of drug-likeness (QED) is 0.824. The van der Waals surface area contributed by atoms with Crippen molar-refractivity contribution in [2.45, 2.75) is 12.8 Å². The second-order valence-electron chi connectivity index (χ2n) is 5.50. The van der Waals surface area contributed by atoms with Gasteiger partial charge >= 0.3 is 0 Å². The van der Waals surface area contributed by atoms with E-state index in [0.29, 0.717) is 19.7 Å². The van der Waals surface area contributed by atoms with Crippen LogP contribution in [-0.4, -0.2) is 53.9 Å². The van der Waals surface area contributed by atoms with Gasteiger partial charge in [-0.15, -0.1) is 10.2 Å². The Morgan fingerprint density at radius 3 is 3.23 bits per heavy atom. The van der Waals surface area contributed by atoms with E-state index >= 15 is 0 Å². The summed E-state index contributed by atoms with van der Waals surface area (Å²) >= 11 is 0. The fourth-order valence-corrected chi connectivity index (χ4v) is 2.84. The number of nitrogens with zero attached hydrogens (tertiary/aromatic N) is 4. The Morgan fingerprint density at radius 2 is 2.36 bits per heavy atom. The third kappa shape index (κ3) is 3.04. The number of carbonyl (C=O) groups is 1. The lowest BCUT2D eigenvalue weighted by Gasteiger charge is -2.31. The molecule has 7 nitrogen and oxygen atoms in total. The van der Waals surface area contributed by atoms with E-state index in [1.54, 1.807) is 7.11 Å². The fraction of sp³-hybridized carbons (Fsp3) is 0.533. The molecule has 2 aromatic heterocycles. The molecule has 3 heterocycles. The van der Waals surface area contributed by atoms with Crippen molar-refractivity contribution in [3.05, 3.63) is 24.4 Å². The highest BCUT2D eigenvalue weighted by Crippen LogP contribution is 2.22. The first-order valence-corrected chi connectivity index (χ1v) is 7.61. The molecule has 1 N–H and O–H groups in total. The van der Waals surface area contributed by atoms with Gasteiger partial charge in [-0.2, -0.15) is 0 Å². The monoisotopic (exact) mass is 303 g/mol. The van der Waals surface area contributed by atoms with Crippen LogP contribution >= 0.6 is 0 Å². The van der Waals surface area contributed by atoms with Crippen molar-refractivity contribution in [2.75, 3.05) is 38.3 Å². The van der Waals surface area contributed by atoms with Gasteiger partial charge in [-0.05, 0) is 25.0 Å². The minimum Gasteiger partial charge on any atom is -0.383 e. The minimum atomic E-state index is -0.0123. The van der Waals surface area contributed by atoms with E-state index in [4.69, 9.17) is 4.74 Å². The Bertz CT molecular complexity index is 642. The Labute approximate surface area is 129 Å². The van der Waals surface area contributed by atoms with Gasteiger partial charge in [-0.1, -0.05) is 6.07 Å². The molecule has 0 aromatic carbocycles. The molecule has 118 valence electrons. The number of hydrogen-bond acceptors (Lipinski definition) is 5. The Morgan fingerprint density at radius 1 is 1.45 bits per heavy atom. The second-order valence-corrected chi connectivity index (χ2v) is 5.50. The van der Waals surface area contributed by atoms with Gasteiger partial charge in [0.15, 0.2) is 5.65 Å². The van der Waals surface area contributed by atoms with Crippen LogP contribution in [0.5, 0.6) is 0 Å². The van der Waals surface area contributed by atoms with Crippen molar-refractivity contribution >= 4 is 17.5 Å². The zero-order chi connectivity index (χ0) is 15.4. The molecule has 1 aliphatic heterocycles. The van der Waals surface area contributed by atoms with Crippen LogP contribution in [0.4, 0.5) is 5.95 Å². The molecule has 1 unspecified atom stereocenters. The van der Waals surface area contributed by atoms with Crippen LogP contribution < -0.4 is 10.2 Å². The predicted molar refractivity (Wildman–Crippen MR) is 82.8 cm³/mol. The normalized spacial score (nSPS) is 18.6. The third-order valence-corrected chi connectivity index (χ3v) is 3.98. The zero-order valence-electron chi connectivity index (χ0n) is 12.7. The van der Waals surface area contributed by atoms with Crippen LogP contribution in [0.3, 0.4) is 0 Å². The molecule has 1 amide bonds. The molecular weight excluding hydrogens is 282 g/mol. The molecule has 1 atom stereocenters. The maximum atomic E-state index is 12.2. The van der Waals surface area contributed by atoms with Gasteiger partial charge in [0.25, 0.3) is 0 Å². The van der Waals surface area contributed by atoms with Crippen LogP contribution in [0, 0.1) is 5.92 Å². The van der Waals surface area contributed by atoms with Crippen LogP contribution in [0.2, 0.25) is 0 Å². The minimum absolute atomic E-state index is 0.0123. The van der Waals surface area contributed by atoms with Gasteiger partial charge in [0.1, 0.15) is 0 Å². The van der Waals surface area contributed by atoms with E-state index in [1.807, 2.05) is 28.8 Å². The van der Waals surface area contributed by atoms with Gasteiger partial charge in [0.05, 0.1) is 12.5 Å². The van der Waals surface area contributed by atoms with Crippen LogP contribution in [0.25, 0.3) is 5.65 Å². The number of methoxy groups -OCH3 is 1. The van der Waals surface area contributed by atoms with E-state index in [0.717, 1.165) is 31.0 Å². The number of carbonyl (C=O) groups excluding carboxylic acids is 1. The van der Waals surface area contributed by atoms with Gasteiger partial charge < -0.3 is 15.0 Å². The van der Waals surface area contributed by atoms with Crippen molar-refractivity contribution in [3.8, 4) is 0 Å². The summed E-state index contributed by atoms with van der Waals surface area (Å²) in [7, 11) is 1.63. The average Bonchev–Trinajstić information content (AvgIpc) is 2.99. The molecule has 1 aliphatic rings. The summed E-state index contributed by atoms with van der Waals surface area (Å²) in [5, 5.41) is 11.4. The number of amides is 1. The maximum absolute atomic E-state index is 12.2. The van der Waals surface area contributed by atoms with E-state index in [1.165, 1.54) is 0 Å². The lowest BCUT2D eigenvalue weighted by atomic mass is 9.97. The molecule has 1 fully saturated rings. The molecule has 0 aliphatic carbocycles. The number of fused-ring (bicyclic) bond motifs is 1. The first kappa shape index (κ1) is 14.8. The second kappa shape index (κ2) is 6.74. The zero-order valence-corrected chi connectivity index (χ0v) is 12.7. The number of piperidine rings is 1. The summed E-state index contributed by atoms with van der Waals surface area (Å²) in [6, 6.07) is 5.82. The van der Waals surface area contributed by atoms with Gasteiger partial charge in [-0.3, -0.25) is 9.20 Å². The van der Waals surface area contributed by atoms with Crippen LogP contribution in [-0.2, 0) is 9.53 Å². The average molecular weight is 303 g/mol. The first-order chi connectivity index (χ1) is 10.8. The summed E-state index contributed by atoms with van der Waals surface area (Å²) in [5.41, 5.74) is 0.823. The van der Waals surface area contributed by atoms with Gasteiger partial charge in [0, 0.05) is 32.9 Å². The van der Waals surface area contributed by atoms with Crippen molar-refractivity contribution in [3.63, 3.8) is 0 Å². The number of pyridine rings is 1. The Kier molecular flexibility index (Phi) is 4.53. The van der Waals surface area contributed by atoms with Crippen LogP contribution in [0.1, 0.15) is 12.8 Å². The molecule has 0 saturated carbocycles. The summed E-state index contributed by atoms with van der Waals surface area (Å²) in [5.74, 6) is 0.891. The Hall–Kier alpha value is -2.15. The number of anilines is 1. The molecule has 0 spiro atoms. The lowest BCUT2D eigenvalue weighted by molar-refractivity contribution is -0.125. The topological polar surface area (TPSA) is 71.8 Å². The summed E-state index contributed by atoms with van der Waals surface area (Å²) in [6.07, 6.45) is 3.84. The van der Waals surface area contributed by atoms with E-state index in [-0.39, 0.29) is 11.8 Å². The van der Waals surface area contributed by atoms with Crippen molar-refractivity contribution in [1.82, 2.24) is 19.9 Å². The summed E-state index contributed by atoms with van der Waals surface area (Å²) in [6.45, 7) is 2.67. The van der Waals surface area contributed by atoms with Crippen molar-refractivity contribution in [2.24, 2.45) is 5.92 Å². The highest BCUT2D eigenvalue weighted by atomic mass is 16.5. The SMILES string of the molecule is COCCNC(=O)C1CCCN(c2nnc3ccccn23)C1. The highest BCUT2D eigenvalue weighted by molar-refractivity contribution is 5.79. The predicted octanol–water partition coefficient (Wildman–Crippen LogP) is 0.708. The lowest BCUT2D eigenvalue weighted by Crippen LogP contribution is -2.44. The highest BCUT2D eigenvalue weighted by Gasteiger charge is 2.27. The van der Waals surface area contributed by atoms with Crippen molar-refractivity contribution < 1.29 is 9.53 Å². The number of rotatable bonds is 5. The number of nitrogens with one attached hydrogen (secondary N) is 1. The number of hydrogen-bond donors (Lipinski definition) is 1. The smallest absolute Gasteiger partial charge is 0.231 e. The number of ether oxygens (including phenoxy) is 1.